The molecule has 0 aliphatic carbocycles. The molecule has 2 heterocycles. The summed E-state index contributed by atoms with van der Waals surface area (Å²) in [5.41, 5.74) is 2.97. The molecule has 4 rings (SSSR count). The first-order valence-corrected chi connectivity index (χ1v) is 9.98. The Balaban J connectivity index is 1.79. The van der Waals surface area contributed by atoms with Crippen LogP contribution in [-0.4, -0.2) is 47.2 Å². The second kappa shape index (κ2) is 6.42. The zero-order valence-corrected chi connectivity index (χ0v) is 15.4. The average Bonchev–Trinajstić information content (AvgIpc) is 3.14. The number of fused-ring (bicyclic) bond motifs is 2. The van der Waals surface area contributed by atoms with Gasteiger partial charge in [-0.3, -0.25) is 0 Å². The fourth-order valence-electron chi connectivity index (χ4n) is 3.63. The Morgan fingerprint density at radius 1 is 1.26 bits per heavy atom. The molecule has 0 bridgehead atoms. The van der Waals surface area contributed by atoms with E-state index in [9.17, 15) is 17.9 Å². The Morgan fingerprint density at radius 3 is 2.78 bits per heavy atom. The summed E-state index contributed by atoms with van der Waals surface area (Å²) in [5.74, 6) is -0.331. The number of aromatic nitrogens is 1. The lowest BCUT2D eigenvalue weighted by Gasteiger charge is -2.22. The van der Waals surface area contributed by atoms with Gasteiger partial charge in [-0.25, -0.2) is 12.8 Å². The number of benzene rings is 2. The summed E-state index contributed by atoms with van der Waals surface area (Å²) in [7, 11) is -3.73. The molecule has 2 aromatic carbocycles. The van der Waals surface area contributed by atoms with Crippen LogP contribution in [0.4, 0.5) is 4.39 Å². The van der Waals surface area contributed by atoms with E-state index >= 15 is 0 Å². The maximum atomic E-state index is 13.4. The number of hydrogen-bond acceptors (Lipinski definition) is 4. The predicted octanol–water partition coefficient (Wildman–Crippen LogP) is 2.39. The number of nitrogens with one attached hydrogen (secondary N) is 1. The number of sulfonamides is 1. The van der Waals surface area contributed by atoms with Crippen LogP contribution in [0.5, 0.6) is 0 Å². The number of halogens is 1. The summed E-state index contributed by atoms with van der Waals surface area (Å²) < 4.78 is 40.2. The van der Waals surface area contributed by atoms with Crippen molar-refractivity contribution >= 4 is 20.9 Å². The van der Waals surface area contributed by atoms with Crippen LogP contribution < -0.4 is 0 Å². The Kier molecular flexibility index (Phi) is 4.31. The van der Waals surface area contributed by atoms with Crippen molar-refractivity contribution in [2.24, 2.45) is 0 Å². The number of aliphatic hydroxyl groups excluding tert-OH is 2. The smallest absolute Gasteiger partial charge is 0.244 e. The van der Waals surface area contributed by atoms with Gasteiger partial charge in [-0.1, -0.05) is 6.07 Å². The first-order chi connectivity index (χ1) is 12.8. The summed E-state index contributed by atoms with van der Waals surface area (Å²) >= 11 is 0. The molecule has 1 aliphatic rings. The van der Waals surface area contributed by atoms with Gasteiger partial charge in [0.2, 0.25) is 10.0 Å². The zero-order chi connectivity index (χ0) is 19.3. The van der Waals surface area contributed by atoms with Gasteiger partial charge in [0.25, 0.3) is 0 Å². The number of H-pyrrole nitrogens is 1. The van der Waals surface area contributed by atoms with Gasteiger partial charge in [0.1, 0.15) is 5.82 Å². The van der Waals surface area contributed by atoms with E-state index in [2.05, 4.69) is 4.98 Å². The summed E-state index contributed by atoms with van der Waals surface area (Å²) in [6.07, 6.45) is 0.632. The molecular formula is C19H19FN2O4S. The van der Waals surface area contributed by atoms with Crippen LogP contribution in [0.25, 0.3) is 22.0 Å². The molecule has 1 unspecified atom stereocenters. The molecular weight excluding hydrogens is 371 g/mol. The van der Waals surface area contributed by atoms with Crippen LogP contribution in [0, 0.1) is 5.82 Å². The number of β-amino-alcohol motifs (C(OH)–C–C–N with tert-alkyl or cyclic N) is 1. The second-order valence-corrected chi connectivity index (χ2v) is 8.59. The normalized spacial score (nSPS) is 20.1. The van der Waals surface area contributed by atoms with Gasteiger partial charge < -0.3 is 15.2 Å². The lowest BCUT2D eigenvalue weighted by molar-refractivity contribution is 0.0738. The molecule has 6 nitrogen and oxygen atoms in total. The first kappa shape index (κ1) is 18.1. The van der Waals surface area contributed by atoms with Crippen LogP contribution >= 0.6 is 0 Å². The fourth-order valence-corrected chi connectivity index (χ4v) is 5.54. The summed E-state index contributed by atoms with van der Waals surface area (Å²) in [6.45, 7) is 1.07. The molecule has 3 aromatic rings. The molecule has 0 radical (unpaired) electrons. The van der Waals surface area contributed by atoms with E-state index in [0.29, 0.717) is 11.1 Å². The van der Waals surface area contributed by atoms with Crippen LogP contribution in [-0.2, 0) is 10.0 Å². The molecule has 142 valence electrons. The third-order valence-corrected chi connectivity index (χ3v) is 7.05. The van der Waals surface area contributed by atoms with Crippen molar-refractivity contribution in [3.05, 3.63) is 54.0 Å². The van der Waals surface area contributed by atoms with E-state index in [1.54, 1.807) is 31.3 Å². The Labute approximate surface area is 155 Å². The zero-order valence-electron chi connectivity index (χ0n) is 14.6. The van der Waals surface area contributed by atoms with E-state index in [-0.39, 0.29) is 17.3 Å². The SMILES string of the molecule is CC1c2cc(-c3c[nH]c4cc(F)ccc34)ccc2S(=O)(=O)N1C[C@@H](O)CO. The fraction of sp³-hybridized carbons (Fsp3) is 0.263. The van der Waals surface area contributed by atoms with Crippen LogP contribution in [0.1, 0.15) is 18.5 Å². The number of nitrogens with zero attached hydrogens (tertiary/aromatic N) is 1. The summed E-state index contributed by atoms with van der Waals surface area (Å²) in [4.78, 5) is 3.24. The molecule has 1 aliphatic heterocycles. The van der Waals surface area contributed by atoms with Crippen molar-refractivity contribution in [1.29, 1.82) is 0 Å². The second-order valence-electron chi connectivity index (χ2n) is 6.73. The highest BCUT2D eigenvalue weighted by Crippen LogP contribution is 2.42. The Hall–Kier alpha value is -2.26. The molecule has 2 atom stereocenters. The van der Waals surface area contributed by atoms with Crippen molar-refractivity contribution in [2.45, 2.75) is 24.0 Å². The number of rotatable bonds is 4. The third kappa shape index (κ3) is 2.85. The first-order valence-electron chi connectivity index (χ1n) is 8.54. The van der Waals surface area contributed by atoms with Crippen LogP contribution in [0.3, 0.4) is 0 Å². The molecule has 8 heteroatoms. The Morgan fingerprint density at radius 2 is 2.04 bits per heavy atom. The monoisotopic (exact) mass is 390 g/mol. The van der Waals surface area contributed by atoms with Gasteiger partial charge in [0, 0.05) is 35.2 Å². The standard InChI is InChI=1S/C19H19FN2O4S/c1-11-16-6-12(17-8-21-18-7-13(20)3-4-15(17)18)2-5-19(16)27(25,26)22(11)9-14(24)10-23/h2-8,11,14,21,23-24H,9-10H2,1H3/t11?,14-/m1/s1. The molecule has 3 N–H and O–H groups in total. The van der Waals surface area contributed by atoms with Crippen molar-refractivity contribution < 1.29 is 23.0 Å². The van der Waals surface area contributed by atoms with E-state index in [4.69, 9.17) is 5.11 Å². The molecule has 0 saturated carbocycles. The average molecular weight is 390 g/mol. The minimum atomic E-state index is -3.73. The van der Waals surface area contributed by atoms with Gasteiger partial charge in [0.15, 0.2) is 0 Å². The van der Waals surface area contributed by atoms with Gasteiger partial charge in [0.05, 0.1) is 17.6 Å². The minimum Gasteiger partial charge on any atom is -0.394 e. The van der Waals surface area contributed by atoms with E-state index in [1.807, 2.05) is 6.07 Å². The van der Waals surface area contributed by atoms with Gasteiger partial charge in [-0.15, -0.1) is 0 Å². The molecule has 0 fully saturated rings. The van der Waals surface area contributed by atoms with Crippen molar-refractivity contribution in [3.63, 3.8) is 0 Å². The molecule has 0 saturated heterocycles. The largest absolute Gasteiger partial charge is 0.394 e. The third-order valence-electron chi connectivity index (χ3n) is 5.03. The lowest BCUT2D eigenvalue weighted by atomic mass is 9.99. The van der Waals surface area contributed by atoms with Crippen molar-refractivity contribution in [1.82, 2.24) is 9.29 Å². The highest BCUT2D eigenvalue weighted by molar-refractivity contribution is 7.89. The quantitative estimate of drug-likeness (QED) is 0.638. The maximum absolute atomic E-state index is 13.4. The van der Waals surface area contributed by atoms with Gasteiger partial charge in [-0.05, 0) is 48.4 Å². The van der Waals surface area contributed by atoms with Crippen LogP contribution in [0.2, 0.25) is 0 Å². The van der Waals surface area contributed by atoms with Gasteiger partial charge in [-0.2, -0.15) is 4.31 Å². The molecule has 0 amide bonds. The van der Waals surface area contributed by atoms with E-state index in [0.717, 1.165) is 16.5 Å². The van der Waals surface area contributed by atoms with Crippen molar-refractivity contribution in [2.75, 3.05) is 13.2 Å². The molecule has 1 aromatic heterocycles. The highest BCUT2D eigenvalue weighted by Gasteiger charge is 2.41. The minimum absolute atomic E-state index is 0.170. The topological polar surface area (TPSA) is 93.6 Å². The maximum Gasteiger partial charge on any atom is 0.244 e. The predicted molar refractivity (Wildman–Crippen MR) is 99.1 cm³/mol. The molecule has 27 heavy (non-hydrogen) atoms. The highest BCUT2D eigenvalue weighted by atomic mass is 32.2. The van der Waals surface area contributed by atoms with Gasteiger partial charge >= 0.3 is 0 Å². The van der Waals surface area contributed by atoms with E-state index in [1.165, 1.54) is 16.4 Å². The summed E-state index contributed by atoms with van der Waals surface area (Å²) in [6, 6.07) is 9.12. The van der Waals surface area contributed by atoms with E-state index < -0.39 is 28.8 Å². The molecule has 0 spiro atoms. The number of hydrogen-bond donors (Lipinski definition) is 3. The number of aliphatic hydroxyl groups is 2. The van der Waals surface area contributed by atoms with Crippen LogP contribution in [0.15, 0.2) is 47.5 Å². The summed E-state index contributed by atoms with van der Waals surface area (Å²) in [5, 5.41) is 19.6. The number of aromatic amines is 1. The van der Waals surface area contributed by atoms with Crippen molar-refractivity contribution in [3.8, 4) is 11.1 Å². The Bertz CT molecular complexity index is 1130. The lowest BCUT2D eigenvalue weighted by Crippen LogP contribution is -2.36.